The van der Waals surface area contributed by atoms with E-state index in [0.717, 1.165) is 11.3 Å². The van der Waals surface area contributed by atoms with E-state index in [9.17, 15) is 0 Å². The molecule has 0 unspecified atom stereocenters. The summed E-state index contributed by atoms with van der Waals surface area (Å²) < 4.78 is 2.40. The lowest BCUT2D eigenvalue weighted by molar-refractivity contribution is 0.667. The molecule has 244 valence electrons. The van der Waals surface area contributed by atoms with Gasteiger partial charge in [-0.05, 0) is 94.0 Å². The number of para-hydroxylation sites is 2. The van der Waals surface area contributed by atoms with Crippen molar-refractivity contribution in [1.82, 2.24) is 9.55 Å². The first-order chi connectivity index (χ1) is 25.8. The number of hydrogen-bond donors (Lipinski definition) is 0. The number of hydrogen-bond acceptors (Lipinski definition) is 3. The molecule has 11 rings (SSSR count). The van der Waals surface area contributed by atoms with Crippen LogP contribution in [-0.2, 0) is 5.41 Å². The van der Waals surface area contributed by atoms with Gasteiger partial charge in [0.2, 0.25) is 0 Å². The van der Waals surface area contributed by atoms with Crippen LogP contribution in [0.15, 0.2) is 202 Å². The van der Waals surface area contributed by atoms with Crippen LogP contribution in [0.1, 0.15) is 22.3 Å². The minimum Gasteiger partial charge on any atom is -0.309 e. The fourth-order valence-electron chi connectivity index (χ4n) is 8.55. The second kappa shape index (κ2) is 11.6. The molecular weight excluding hydrogens is 669 g/mol. The first-order valence-corrected chi connectivity index (χ1v) is 19.2. The van der Waals surface area contributed by atoms with E-state index in [1.807, 2.05) is 35.8 Å². The van der Waals surface area contributed by atoms with Crippen molar-refractivity contribution in [3.63, 3.8) is 0 Å². The van der Waals surface area contributed by atoms with E-state index in [1.54, 1.807) is 0 Å². The molecule has 9 aromatic rings. The number of pyridine rings is 1. The van der Waals surface area contributed by atoms with Crippen LogP contribution >= 0.6 is 23.5 Å². The highest BCUT2D eigenvalue weighted by Crippen LogP contribution is 2.62. The van der Waals surface area contributed by atoms with Crippen LogP contribution < -0.4 is 0 Å². The topological polar surface area (TPSA) is 17.8 Å². The average Bonchev–Trinajstić information content (AvgIpc) is 3.54. The van der Waals surface area contributed by atoms with Crippen LogP contribution in [0.25, 0.3) is 49.9 Å². The van der Waals surface area contributed by atoms with Crippen molar-refractivity contribution < 1.29 is 0 Å². The molecule has 52 heavy (non-hydrogen) atoms. The molecule has 0 fully saturated rings. The lowest BCUT2D eigenvalue weighted by Crippen LogP contribution is -2.36. The van der Waals surface area contributed by atoms with Gasteiger partial charge in [0.15, 0.2) is 0 Å². The number of nitrogens with zero attached hydrogens (tertiary/aromatic N) is 2. The predicted octanol–water partition coefficient (Wildman–Crippen LogP) is 12.8. The van der Waals surface area contributed by atoms with Crippen molar-refractivity contribution in [3.8, 4) is 28.1 Å². The summed E-state index contributed by atoms with van der Waals surface area (Å²) in [7, 11) is 0. The molecule has 0 aliphatic carbocycles. The molecule has 0 saturated carbocycles. The number of benzene rings is 7. The maximum atomic E-state index is 4.73. The van der Waals surface area contributed by atoms with Crippen molar-refractivity contribution in [1.29, 1.82) is 0 Å². The SMILES string of the molecule is c1ccc(-n2c3ccccc3c3ccc(-c4ccc5c(c4)Sc4cc(-c6ccccn6)ccc4C54c5ccccc5Sc5ccccc54)cc32)cc1. The summed E-state index contributed by atoms with van der Waals surface area (Å²) in [5.41, 5.74) is 13.0. The lowest BCUT2D eigenvalue weighted by atomic mass is 9.64. The Morgan fingerprint density at radius 1 is 0.404 bits per heavy atom. The first kappa shape index (κ1) is 29.9. The molecule has 7 aromatic carbocycles. The molecule has 0 atom stereocenters. The summed E-state index contributed by atoms with van der Waals surface area (Å²) in [6.07, 6.45) is 1.88. The largest absolute Gasteiger partial charge is 0.309 e. The van der Waals surface area contributed by atoms with Gasteiger partial charge in [0.05, 0.1) is 22.1 Å². The fourth-order valence-corrected chi connectivity index (χ4v) is 11.0. The summed E-state index contributed by atoms with van der Waals surface area (Å²) in [5, 5.41) is 2.53. The summed E-state index contributed by atoms with van der Waals surface area (Å²) in [6, 6.07) is 64.8. The Hall–Kier alpha value is -5.81. The minimum absolute atomic E-state index is 0.459. The Morgan fingerprint density at radius 3 is 1.71 bits per heavy atom. The summed E-state index contributed by atoms with van der Waals surface area (Å²) >= 11 is 3.77. The van der Waals surface area contributed by atoms with Crippen molar-refractivity contribution in [2.24, 2.45) is 0 Å². The minimum atomic E-state index is -0.459. The molecule has 2 aromatic heterocycles. The normalized spacial score (nSPS) is 13.8. The standard InChI is InChI=1S/C48H30N2S2/c1-2-12-34(13-3-1)50-42-18-7-4-14-35(42)36-24-21-31(28-43(36)50)32-22-25-39-46(29-32)52-47-30-33(41-17-10-11-27-49-41)23-26-40(47)48(39)37-15-5-8-19-44(37)51-45-20-9-6-16-38(45)48/h1-30H. The molecule has 4 heterocycles. The molecule has 2 aliphatic heterocycles. The first-order valence-electron chi connectivity index (χ1n) is 17.6. The zero-order valence-electron chi connectivity index (χ0n) is 28.0. The van der Waals surface area contributed by atoms with E-state index >= 15 is 0 Å². The van der Waals surface area contributed by atoms with Crippen LogP contribution in [0.4, 0.5) is 0 Å². The van der Waals surface area contributed by atoms with Gasteiger partial charge < -0.3 is 4.57 Å². The van der Waals surface area contributed by atoms with Crippen molar-refractivity contribution in [2.45, 2.75) is 25.0 Å². The van der Waals surface area contributed by atoms with Gasteiger partial charge in [-0.1, -0.05) is 139 Å². The van der Waals surface area contributed by atoms with E-state index in [2.05, 4.69) is 174 Å². The maximum Gasteiger partial charge on any atom is 0.0745 e. The Balaban J connectivity index is 1.16. The lowest BCUT2D eigenvalue weighted by Gasteiger charge is -2.45. The monoisotopic (exact) mass is 698 g/mol. The van der Waals surface area contributed by atoms with E-state index in [4.69, 9.17) is 4.98 Å². The van der Waals surface area contributed by atoms with E-state index in [-0.39, 0.29) is 0 Å². The fraction of sp³-hybridized carbons (Fsp3) is 0.0208. The predicted molar refractivity (Wildman–Crippen MR) is 216 cm³/mol. The Bertz CT molecular complexity index is 2810. The highest BCUT2D eigenvalue weighted by atomic mass is 32.2. The molecule has 2 aliphatic rings. The second-order valence-electron chi connectivity index (χ2n) is 13.5. The molecule has 0 N–H and O–H groups in total. The third kappa shape index (κ3) is 4.32. The summed E-state index contributed by atoms with van der Waals surface area (Å²) in [4.78, 5) is 9.89. The Morgan fingerprint density at radius 2 is 0.962 bits per heavy atom. The molecule has 1 spiro atoms. The van der Waals surface area contributed by atoms with Gasteiger partial charge in [-0.15, -0.1) is 0 Å². The summed E-state index contributed by atoms with van der Waals surface area (Å²) in [5.74, 6) is 0. The molecule has 0 amide bonds. The molecule has 2 nitrogen and oxygen atoms in total. The zero-order valence-corrected chi connectivity index (χ0v) is 29.7. The van der Waals surface area contributed by atoms with Gasteiger partial charge in [-0.25, -0.2) is 0 Å². The molecule has 0 bridgehead atoms. The third-order valence-electron chi connectivity index (χ3n) is 10.8. The van der Waals surface area contributed by atoms with E-state index < -0.39 is 5.41 Å². The highest BCUT2D eigenvalue weighted by molar-refractivity contribution is 8.00. The van der Waals surface area contributed by atoms with Crippen LogP contribution in [-0.4, -0.2) is 9.55 Å². The van der Waals surface area contributed by atoms with Crippen LogP contribution in [0, 0.1) is 0 Å². The molecular formula is C48H30N2S2. The van der Waals surface area contributed by atoms with Crippen molar-refractivity contribution in [3.05, 3.63) is 204 Å². The van der Waals surface area contributed by atoms with Crippen LogP contribution in [0.5, 0.6) is 0 Å². The number of aromatic nitrogens is 2. The van der Waals surface area contributed by atoms with Gasteiger partial charge in [-0.3, -0.25) is 4.98 Å². The van der Waals surface area contributed by atoms with Crippen LogP contribution in [0.2, 0.25) is 0 Å². The number of rotatable bonds is 3. The Kier molecular flexibility index (Phi) is 6.67. The third-order valence-corrected chi connectivity index (χ3v) is 13.0. The maximum absolute atomic E-state index is 4.73. The van der Waals surface area contributed by atoms with Gasteiger partial charge >= 0.3 is 0 Å². The number of fused-ring (bicyclic) bond motifs is 11. The van der Waals surface area contributed by atoms with Gasteiger partial charge in [-0.2, -0.15) is 0 Å². The second-order valence-corrected chi connectivity index (χ2v) is 15.7. The van der Waals surface area contributed by atoms with Gasteiger partial charge in [0.1, 0.15) is 0 Å². The zero-order chi connectivity index (χ0) is 34.2. The smallest absolute Gasteiger partial charge is 0.0745 e. The van der Waals surface area contributed by atoms with Crippen molar-refractivity contribution in [2.75, 3.05) is 0 Å². The molecule has 4 heteroatoms. The van der Waals surface area contributed by atoms with Gasteiger partial charge in [0.25, 0.3) is 0 Å². The van der Waals surface area contributed by atoms with Crippen LogP contribution in [0.3, 0.4) is 0 Å². The van der Waals surface area contributed by atoms with Gasteiger partial charge in [0, 0.05) is 47.8 Å². The van der Waals surface area contributed by atoms with E-state index in [1.165, 1.54) is 80.5 Å². The summed E-state index contributed by atoms with van der Waals surface area (Å²) in [6.45, 7) is 0. The quantitative estimate of drug-likeness (QED) is 0.183. The average molecular weight is 699 g/mol. The Labute approximate surface area is 310 Å². The van der Waals surface area contributed by atoms with Crippen molar-refractivity contribution >= 4 is 45.3 Å². The van der Waals surface area contributed by atoms with E-state index in [0.29, 0.717) is 0 Å². The molecule has 0 saturated heterocycles. The molecule has 0 radical (unpaired) electrons. The highest BCUT2D eigenvalue weighted by Gasteiger charge is 2.48.